The predicted molar refractivity (Wildman–Crippen MR) is 78.6 cm³/mol. The zero-order valence-electron chi connectivity index (χ0n) is 11.1. The van der Waals surface area contributed by atoms with Gasteiger partial charge in [-0.05, 0) is 20.9 Å². The van der Waals surface area contributed by atoms with E-state index in [2.05, 4.69) is 39.5 Å². The maximum absolute atomic E-state index is 4.61. The fourth-order valence-electron chi connectivity index (χ4n) is 1.69. The van der Waals surface area contributed by atoms with Gasteiger partial charge in [-0.1, -0.05) is 0 Å². The summed E-state index contributed by atoms with van der Waals surface area (Å²) in [7, 11) is 4.02. The summed E-state index contributed by atoms with van der Waals surface area (Å²) in [5.41, 5.74) is 2.23. The number of nitrogens with zero attached hydrogens (tertiary/aromatic N) is 3. The van der Waals surface area contributed by atoms with Crippen LogP contribution in [0.3, 0.4) is 0 Å². The smallest absolute Gasteiger partial charge is 0.185 e. The first-order valence-electron chi connectivity index (χ1n) is 5.83. The van der Waals surface area contributed by atoms with Crippen molar-refractivity contribution in [3.63, 3.8) is 0 Å². The Balaban J connectivity index is 2.08. The van der Waals surface area contributed by atoms with E-state index in [1.54, 1.807) is 22.7 Å². The molecule has 0 aromatic carbocycles. The Labute approximate surface area is 116 Å². The van der Waals surface area contributed by atoms with Crippen molar-refractivity contribution in [2.45, 2.75) is 26.9 Å². The van der Waals surface area contributed by atoms with E-state index in [4.69, 9.17) is 0 Å². The molecule has 0 amide bonds. The van der Waals surface area contributed by atoms with E-state index in [9.17, 15) is 0 Å². The van der Waals surface area contributed by atoms with Gasteiger partial charge in [-0.25, -0.2) is 9.97 Å². The highest BCUT2D eigenvalue weighted by Crippen LogP contribution is 2.26. The monoisotopic (exact) mass is 282 g/mol. The van der Waals surface area contributed by atoms with Gasteiger partial charge in [0.15, 0.2) is 5.13 Å². The Bertz CT molecular complexity index is 518. The Morgan fingerprint density at radius 3 is 2.72 bits per heavy atom. The second kappa shape index (κ2) is 5.77. The van der Waals surface area contributed by atoms with E-state index in [1.807, 2.05) is 14.0 Å². The zero-order valence-corrected chi connectivity index (χ0v) is 12.8. The number of thiazole rings is 2. The van der Waals surface area contributed by atoms with E-state index in [-0.39, 0.29) is 0 Å². The van der Waals surface area contributed by atoms with Gasteiger partial charge < -0.3 is 10.2 Å². The van der Waals surface area contributed by atoms with Crippen molar-refractivity contribution in [1.29, 1.82) is 0 Å². The third-order valence-corrected chi connectivity index (χ3v) is 4.71. The SMILES string of the molecule is CNCc1sc(N(C)Cc2csc(C)n2)nc1C. The van der Waals surface area contributed by atoms with Crippen molar-refractivity contribution in [2.75, 3.05) is 19.0 Å². The lowest BCUT2D eigenvalue weighted by Gasteiger charge is -2.13. The van der Waals surface area contributed by atoms with Crippen molar-refractivity contribution in [2.24, 2.45) is 0 Å². The molecule has 0 radical (unpaired) electrons. The first-order chi connectivity index (χ1) is 8.60. The molecule has 4 nitrogen and oxygen atoms in total. The maximum Gasteiger partial charge on any atom is 0.185 e. The number of hydrogen-bond acceptors (Lipinski definition) is 6. The molecule has 0 fully saturated rings. The third-order valence-electron chi connectivity index (χ3n) is 2.61. The molecule has 2 aromatic rings. The van der Waals surface area contributed by atoms with Gasteiger partial charge in [-0.3, -0.25) is 0 Å². The summed E-state index contributed by atoms with van der Waals surface area (Å²) in [4.78, 5) is 12.6. The first-order valence-corrected chi connectivity index (χ1v) is 7.53. The van der Waals surface area contributed by atoms with Crippen LogP contribution in [-0.4, -0.2) is 24.1 Å². The van der Waals surface area contributed by atoms with Crippen LogP contribution in [0.1, 0.15) is 21.3 Å². The van der Waals surface area contributed by atoms with Gasteiger partial charge in [0.05, 0.1) is 22.9 Å². The largest absolute Gasteiger partial charge is 0.345 e. The second-order valence-corrected chi connectivity index (χ2v) is 6.37. The molecule has 0 aliphatic rings. The van der Waals surface area contributed by atoms with Gasteiger partial charge in [-0.2, -0.15) is 0 Å². The predicted octanol–water partition coefficient (Wildman–Crippen LogP) is 2.57. The minimum atomic E-state index is 0.816. The van der Waals surface area contributed by atoms with Crippen LogP contribution < -0.4 is 10.2 Å². The Morgan fingerprint density at radius 2 is 2.11 bits per heavy atom. The molecule has 0 aliphatic heterocycles. The molecular formula is C12H18N4S2. The van der Waals surface area contributed by atoms with Crippen molar-refractivity contribution in [1.82, 2.24) is 15.3 Å². The molecular weight excluding hydrogens is 264 g/mol. The summed E-state index contributed by atoms with van der Waals surface area (Å²) in [6, 6.07) is 0. The Hall–Kier alpha value is -0.980. The lowest BCUT2D eigenvalue weighted by atomic mass is 10.4. The van der Waals surface area contributed by atoms with Crippen molar-refractivity contribution >= 4 is 27.8 Å². The highest BCUT2D eigenvalue weighted by molar-refractivity contribution is 7.15. The molecule has 2 rings (SSSR count). The van der Waals surface area contributed by atoms with Crippen LogP contribution in [0.2, 0.25) is 0 Å². The lowest BCUT2D eigenvalue weighted by Crippen LogP contribution is -2.16. The zero-order chi connectivity index (χ0) is 13.1. The molecule has 0 bridgehead atoms. The summed E-state index contributed by atoms with van der Waals surface area (Å²) in [6.07, 6.45) is 0. The van der Waals surface area contributed by atoms with Crippen LogP contribution in [-0.2, 0) is 13.1 Å². The van der Waals surface area contributed by atoms with E-state index < -0.39 is 0 Å². The number of hydrogen-bond donors (Lipinski definition) is 1. The summed E-state index contributed by atoms with van der Waals surface area (Å²) < 4.78 is 0. The average Bonchev–Trinajstić information content (AvgIpc) is 2.87. The minimum Gasteiger partial charge on any atom is -0.345 e. The normalized spacial score (nSPS) is 10.9. The molecule has 0 unspecified atom stereocenters. The van der Waals surface area contributed by atoms with Crippen LogP contribution in [0.4, 0.5) is 5.13 Å². The van der Waals surface area contributed by atoms with Crippen LogP contribution in [0.25, 0.3) is 0 Å². The first kappa shape index (κ1) is 13.5. The van der Waals surface area contributed by atoms with Crippen LogP contribution in [0, 0.1) is 13.8 Å². The molecule has 6 heteroatoms. The number of aromatic nitrogens is 2. The van der Waals surface area contributed by atoms with Crippen LogP contribution >= 0.6 is 22.7 Å². The second-order valence-electron chi connectivity index (χ2n) is 4.25. The highest BCUT2D eigenvalue weighted by Gasteiger charge is 2.12. The molecule has 2 aromatic heterocycles. The Kier molecular flexibility index (Phi) is 4.31. The number of nitrogens with one attached hydrogen (secondary N) is 1. The van der Waals surface area contributed by atoms with Gasteiger partial charge in [-0.15, -0.1) is 22.7 Å². The fraction of sp³-hybridized carbons (Fsp3) is 0.500. The molecule has 0 atom stereocenters. The lowest BCUT2D eigenvalue weighted by molar-refractivity contribution is 0.822. The van der Waals surface area contributed by atoms with Crippen molar-refractivity contribution in [3.8, 4) is 0 Å². The molecule has 18 heavy (non-hydrogen) atoms. The minimum absolute atomic E-state index is 0.816. The van der Waals surface area contributed by atoms with E-state index >= 15 is 0 Å². The average molecular weight is 282 g/mol. The van der Waals surface area contributed by atoms with E-state index in [0.717, 1.165) is 34.6 Å². The van der Waals surface area contributed by atoms with Crippen molar-refractivity contribution < 1.29 is 0 Å². The molecule has 2 heterocycles. The van der Waals surface area contributed by atoms with Gasteiger partial charge in [0.25, 0.3) is 0 Å². The van der Waals surface area contributed by atoms with Gasteiger partial charge in [0.2, 0.25) is 0 Å². The summed E-state index contributed by atoms with van der Waals surface area (Å²) in [5.74, 6) is 0. The van der Waals surface area contributed by atoms with Gasteiger partial charge >= 0.3 is 0 Å². The molecule has 0 aliphatic carbocycles. The quantitative estimate of drug-likeness (QED) is 0.915. The summed E-state index contributed by atoms with van der Waals surface area (Å²) in [5, 5.41) is 7.46. The number of anilines is 1. The molecule has 0 saturated carbocycles. The van der Waals surface area contributed by atoms with Crippen LogP contribution in [0.15, 0.2) is 5.38 Å². The van der Waals surface area contributed by atoms with Gasteiger partial charge in [0.1, 0.15) is 0 Å². The number of rotatable bonds is 5. The topological polar surface area (TPSA) is 41.0 Å². The molecule has 98 valence electrons. The summed E-state index contributed by atoms with van der Waals surface area (Å²) in [6.45, 7) is 5.80. The molecule has 1 N–H and O–H groups in total. The number of aryl methyl sites for hydroxylation is 2. The maximum atomic E-state index is 4.61. The van der Waals surface area contributed by atoms with Gasteiger partial charge in [0, 0.05) is 23.8 Å². The van der Waals surface area contributed by atoms with E-state index in [1.165, 1.54) is 4.88 Å². The third kappa shape index (κ3) is 3.07. The standard InChI is InChI=1S/C12H18N4S2/c1-8-11(5-13-3)18-12(14-8)16(4)6-10-7-17-9(2)15-10/h7,13H,5-6H2,1-4H3. The highest BCUT2D eigenvalue weighted by atomic mass is 32.1. The fourth-order valence-corrected chi connectivity index (χ4v) is 3.33. The Morgan fingerprint density at radius 1 is 1.33 bits per heavy atom. The van der Waals surface area contributed by atoms with E-state index in [0.29, 0.717) is 0 Å². The van der Waals surface area contributed by atoms with Crippen molar-refractivity contribution in [3.05, 3.63) is 26.7 Å². The summed E-state index contributed by atoms with van der Waals surface area (Å²) >= 11 is 3.44. The van der Waals surface area contributed by atoms with Crippen LogP contribution in [0.5, 0.6) is 0 Å². The molecule has 0 spiro atoms. The molecule has 0 saturated heterocycles.